The molecule has 2 aromatic heterocycles. The van der Waals surface area contributed by atoms with E-state index in [1.165, 1.54) is 34.2 Å². The molecule has 2 unspecified atom stereocenters. The van der Waals surface area contributed by atoms with Crippen molar-refractivity contribution in [1.29, 1.82) is 0 Å². The van der Waals surface area contributed by atoms with Crippen molar-refractivity contribution >= 4 is 21.7 Å². The van der Waals surface area contributed by atoms with Crippen molar-refractivity contribution < 1.29 is 31.9 Å². The van der Waals surface area contributed by atoms with Crippen LogP contribution in [0.3, 0.4) is 0 Å². The minimum absolute atomic E-state index is 0.000631. The normalized spacial score (nSPS) is 19.3. The van der Waals surface area contributed by atoms with Crippen LogP contribution in [-0.4, -0.2) is 77.6 Å². The van der Waals surface area contributed by atoms with Gasteiger partial charge in [0.1, 0.15) is 17.7 Å². The van der Waals surface area contributed by atoms with Gasteiger partial charge >= 0.3 is 0 Å². The summed E-state index contributed by atoms with van der Waals surface area (Å²) >= 11 is 0. The lowest BCUT2D eigenvalue weighted by molar-refractivity contribution is -0.134. The number of alkyl halides is 1. The molecule has 3 heterocycles. The number of hydrogen-bond donors (Lipinski definition) is 1. The van der Waals surface area contributed by atoms with E-state index in [0.29, 0.717) is 23.9 Å². The second kappa shape index (κ2) is 11.2. The van der Waals surface area contributed by atoms with Crippen LogP contribution >= 0.6 is 0 Å². The second-order valence-corrected chi connectivity index (χ2v) is 12.3. The highest BCUT2D eigenvalue weighted by molar-refractivity contribution is 7.89. The SMILES string of the molecule is CS(=O)(=O)Cn1cc(-c2cc(C(N)=O)c(OC3CCN(C(=O)Cc4ccc(OC5CC5)cc4)CC3F)cn2)cn1. The van der Waals surface area contributed by atoms with Gasteiger partial charge in [-0.25, -0.2) is 12.8 Å². The van der Waals surface area contributed by atoms with Crippen molar-refractivity contribution in [2.45, 2.75) is 49.9 Å². The van der Waals surface area contributed by atoms with Crippen LogP contribution in [0.25, 0.3) is 11.3 Å². The van der Waals surface area contributed by atoms with E-state index in [4.69, 9.17) is 15.2 Å². The standard InChI is InChI=1S/C27H30FN5O6S/c1-40(36,37)16-33-14-18(12-31-33)23-11-21(27(29)35)25(13-30-23)39-24-8-9-32(15-22(24)28)26(34)10-17-2-4-19(5-3-17)38-20-6-7-20/h2-5,11-14,20,22,24H,6-10,15-16H2,1H3,(H2,29,35). The molecule has 0 radical (unpaired) electrons. The first-order chi connectivity index (χ1) is 19.0. The number of nitrogens with two attached hydrogens (primary N) is 1. The van der Waals surface area contributed by atoms with Gasteiger partial charge < -0.3 is 20.1 Å². The van der Waals surface area contributed by atoms with Gasteiger partial charge in [0.25, 0.3) is 5.91 Å². The topological polar surface area (TPSA) is 147 Å². The Bertz CT molecular complexity index is 1510. The Balaban J connectivity index is 1.20. The first-order valence-corrected chi connectivity index (χ1v) is 14.9. The first kappa shape index (κ1) is 27.6. The Kier molecular flexibility index (Phi) is 7.74. The van der Waals surface area contributed by atoms with Crippen molar-refractivity contribution in [3.8, 4) is 22.8 Å². The number of piperidine rings is 1. The van der Waals surface area contributed by atoms with Crippen LogP contribution < -0.4 is 15.2 Å². The second-order valence-electron chi connectivity index (χ2n) is 10.2. The maximum absolute atomic E-state index is 15.1. The van der Waals surface area contributed by atoms with E-state index in [0.717, 1.165) is 30.4 Å². The molecule has 11 nitrogen and oxygen atoms in total. The predicted octanol–water partition coefficient (Wildman–Crippen LogP) is 2.15. The minimum atomic E-state index is -3.30. The smallest absolute Gasteiger partial charge is 0.252 e. The molecular weight excluding hydrogens is 541 g/mol. The molecule has 2 N–H and O–H groups in total. The molecular formula is C27H30FN5O6S. The van der Waals surface area contributed by atoms with Gasteiger partial charge in [-0.1, -0.05) is 12.1 Å². The zero-order valence-electron chi connectivity index (χ0n) is 21.9. The molecule has 0 spiro atoms. The predicted molar refractivity (Wildman–Crippen MR) is 143 cm³/mol. The molecule has 3 aromatic rings. The monoisotopic (exact) mass is 571 g/mol. The molecule has 1 aliphatic carbocycles. The van der Waals surface area contributed by atoms with E-state index in [9.17, 15) is 18.0 Å². The first-order valence-electron chi connectivity index (χ1n) is 12.9. The number of likely N-dealkylation sites (tertiary alicyclic amines) is 1. The number of amides is 2. The third-order valence-electron chi connectivity index (χ3n) is 6.65. The number of nitrogens with zero attached hydrogens (tertiary/aromatic N) is 4. The van der Waals surface area contributed by atoms with Crippen LogP contribution in [0.1, 0.15) is 35.2 Å². The molecule has 2 atom stereocenters. The number of carbonyl (C=O) groups is 2. The molecule has 0 bridgehead atoms. The van der Waals surface area contributed by atoms with E-state index in [1.807, 2.05) is 24.3 Å². The van der Waals surface area contributed by atoms with Crippen molar-refractivity contribution in [1.82, 2.24) is 19.7 Å². The fourth-order valence-corrected chi connectivity index (χ4v) is 5.07. The summed E-state index contributed by atoms with van der Waals surface area (Å²) < 4.78 is 51.0. The number of sulfone groups is 1. The number of benzene rings is 1. The Morgan fingerprint density at radius 2 is 1.88 bits per heavy atom. The maximum atomic E-state index is 15.1. The number of rotatable bonds is 10. The summed E-state index contributed by atoms with van der Waals surface area (Å²) in [5.41, 5.74) is 7.18. The average molecular weight is 572 g/mol. The summed E-state index contributed by atoms with van der Waals surface area (Å²) in [5.74, 6) is -0.477. The third kappa shape index (κ3) is 6.95. The van der Waals surface area contributed by atoms with Crippen LogP contribution in [-0.2, 0) is 26.9 Å². The molecule has 5 rings (SSSR count). The van der Waals surface area contributed by atoms with E-state index in [2.05, 4.69) is 10.1 Å². The van der Waals surface area contributed by atoms with E-state index in [-0.39, 0.29) is 42.5 Å². The summed E-state index contributed by atoms with van der Waals surface area (Å²) in [6, 6.07) is 8.77. The Hall–Kier alpha value is -4.00. The quantitative estimate of drug-likeness (QED) is 0.389. The lowest BCUT2D eigenvalue weighted by atomic mass is 10.0. The van der Waals surface area contributed by atoms with Gasteiger partial charge in [0.15, 0.2) is 21.8 Å². The van der Waals surface area contributed by atoms with Gasteiger partial charge in [-0.3, -0.25) is 19.3 Å². The summed E-state index contributed by atoms with van der Waals surface area (Å²) in [7, 11) is -3.30. The van der Waals surface area contributed by atoms with Crippen LogP contribution in [0.5, 0.6) is 11.5 Å². The third-order valence-corrected chi connectivity index (χ3v) is 7.38. The fourth-order valence-electron chi connectivity index (χ4n) is 4.45. The van der Waals surface area contributed by atoms with Gasteiger partial charge in [0.05, 0.1) is 42.7 Å². The number of ether oxygens (including phenoxy) is 2. The minimum Gasteiger partial charge on any atom is -0.490 e. The van der Waals surface area contributed by atoms with Gasteiger partial charge in [-0.05, 0) is 36.6 Å². The lowest BCUT2D eigenvalue weighted by Crippen LogP contribution is -2.49. The lowest BCUT2D eigenvalue weighted by Gasteiger charge is -2.35. The van der Waals surface area contributed by atoms with E-state index in [1.54, 1.807) is 0 Å². The molecule has 212 valence electrons. The molecule has 2 fully saturated rings. The van der Waals surface area contributed by atoms with Gasteiger partial charge in [-0.2, -0.15) is 5.10 Å². The van der Waals surface area contributed by atoms with Gasteiger partial charge in [0, 0.05) is 31.0 Å². The highest BCUT2D eigenvalue weighted by Crippen LogP contribution is 2.29. The summed E-state index contributed by atoms with van der Waals surface area (Å²) in [4.78, 5) is 30.7. The summed E-state index contributed by atoms with van der Waals surface area (Å²) in [6.45, 7) is 0.160. The van der Waals surface area contributed by atoms with Gasteiger partial charge in [-0.15, -0.1) is 0 Å². The number of primary amides is 1. The number of aromatic nitrogens is 3. The van der Waals surface area contributed by atoms with E-state index >= 15 is 4.39 Å². The number of halogens is 1. The van der Waals surface area contributed by atoms with Crippen LogP contribution in [0.2, 0.25) is 0 Å². The molecule has 13 heteroatoms. The summed E-state index contributed by atoms with van der Waals surface area (Å²) in [5, 5.41) is 4.00. The average Bonchev–Trinajstić information content (AvgIpc) is 3.60. The Morgan fingerprint density at radius 1 is 1.12 bits per heavy atom. The molecule has 1 saturated heterocycles. The van der Waals surface area contributed by atoms with Crippen LogP contribution in [0.4, 0.5) is 4.39 Å². The largest absolute Gasteiger partial charge is 0.490 e. The fraction of sp³-hybridized carbons (Fsp3) is 0.407. The summed E-state index contributed by atoms with van der Waals surface area (Å²) in [6.07, 6.45) is 5.69. The molecule has 2 amide bonds. The highest BCUT2D eigenvalue weighted by Gasteiger charge is 2.34. The Labute approximate surface area is 231 Å². The zero-order chi connectivity index (χ0) is 28.4. The van der Waals surface area contributed by atoms with Crippen LogP contribution in [0, 0.1) is 0 Å². The zero-order valence-corrected chi connectivity index (χ0v) is 22.7. The van der Waals surface area contributed by atoms with Crippen molar-refractivity contribution in [3.05, 3.63) is 60.0 Å². The highest BCUT2D eigenvalue weighted by atomic mass is 32.2. The van der Waals surface area contributed by atoms with Crippen molar-refractivity contribution in [3.63, 3.8) is 0 Å². The van der Waals surface area contributed by atoms with E-state index < -0.39 is 28.0 Å². The number of pyridine rings is 1. The number of carbonyl (C=O) groups excluding carboxylic acids is 2. The maximum Gasteiger partial charge on any atom is 0.252 e. The van der Waals surface area contributed by atoms with Gasteiger partial charge in [0.2, 0.25) is 5.91 Å². The molecule has 1 aromatic carbocycles. The number of hydrogen-bond acceptors (Lipinski definition) is 8. The molecule has 1 saturated carbocycles. The van der Waals surface area contributed by atoms with Crippen molar-refractivity contribution in [2.75, 3.05) is 19.3 Å². The molecule has 2 aliphatic rings. The Morgan fingerprint density at radius 3 is 2.52 bits per heavy atom. The van der Waals surface area contributed by atoms with Crippen molar-refractivity contribution in [2.24, 2.45) is 5.73 Å². The molecule has 40 heavy (non-hydrogen) atoms. The molecule has 1 aliphatic heterocycles. The van der Waals surface area contributed by atoms with Crippen LogP contribution in [0.15, 0.2) is 48.9 Å².